The smallest absolute Gasteiger partial charge is 0.252 e. The van der Waals surface area contributed by atoms with E-state index < -0.39 is 0 Å². The van der Waals surface area contributed by atoms with Crippen LogP contribution in [0.15, 0.2) is 46.9 Å². The number of nitrogens with one attached hydrogen (secondary N) is 1. The Kier molecular flexibility index (Phi) is 4.38. The third kappa shape index (κ3) is 3.37. The van der Waals surface area contributed by atoms with Crippen molar-refractivity contribution in [2.75, 3.05) is 5.73 Å². The maximum atomic E-state index is 12.1. The van der Waals surface area contributed by atoms with Crippen molar-refractivity contribution >= 4 is 27.5 Å². The van der Waals surface area contributed by atoms with Crippen LogP contribution < -0.4 is 11.1 Å². The molecule has 2 rings (SSSR count). The number of nitriles is 1. The first-order chi connectivity index (χ1) is 9.60. The molecule has 0 aliphatic carbocycles. The number of rotatable bonds is 3. The molecule has 4 nitrogen and oxygen atoms in total. The average Bonchev–Trinajstić information content (AvgIpc) is 2.47. The number of benzene rings is 2. The van der Waals surface area contributed by atoms with Gasteiger partial charge in [0.15, 0.2) is 0 Å². The van der Waals surface area contributed by atoms with Gasteiger partial charge in [-0.05, 0) is 51.8 Å². The van der Waals surface area contributed by atoms with E-state index in [1.807, 2.05) is 6.07 Å². The normalized spacial score (nSPS) is 9.80. The molecule has 3 N–H and O–H groups in total. The Morgan fingerprint density at radius 2 is 2.10 bits per heavy atom. The van der Waals surface area contributed by atoms with E-state index in [2.05, 4.69) is 27.3 Å². The molecule has 0 unspecified atom stereocenters. The maximum absolute atomic E-state index is 12.1. The summed E-state index contributed by atoms with van der Waals surface area (Å²) in [5.41, 5.74) is 8.14. The Balaban J connectivity index is 2.09. The molecule has 0 bridgehead atoms. The highest BCUT2D eigenvalue weighted by Gasteiger charge is 2.10. The van der Waals surface area contributed by atoms with Crippen LogP contribution in [0.5, 0.6) is 0 Å². The van der Waals surface area contributed by atoms with E-state index in [0.717, 1.165) is 5.56 Å². The van der Waals surface area contributed by atoms with Crippen LogP contribution in [-0.2, 0) is 6.54 Å². The van der Waals surface area contributed by atoms with Gasteiger partial charge in [0, 0.05) is 16.7 Å². The second-order valence-electron chi connectivity index (χ2n) is 4.23. The fraction of sp³-hybridized carbons (Fsp3) is 0.0667. The van der Waals surface area contributed by atoms with Crippen LogP contribution in [0.4, 0.5) is 5.69 Å². The van der Waals surface area contributed by atoms with Crippen molar-refractivity contribution in [2.24, 2.45) is 0 Å². The van der Waals surface area contributed by atoms with Crippen LogP contribution in [0.25, 0.3) is 0 Å². The number of nitrogen functional groups attached to an aromatic ring is 1. The molecule has 0 atom stereocenters. The highest BCUT2D eigenvalue weighted by Crippen LogP contribution is 2.19. The first kappa shape index (κ1) is 14.1. The predicted molar refractivity (Wildman–Crippen MR) is 80.9 cm³/mol. The van der Waals surface area contributed by atoms with Crippen LogP contribution in [0.3, 0.4) is 0 Å². The lowest BCUT2D eigenvalue weighted by atomic mass is 10.1. The van der Waals surface area contributed by atoms with Crippen molar-refractivity contribution in [3.63, 3.8) is 0 Å². The van der Waals surface area contributed by atoms with Crippen molar-refractivity contribution in [1.29, 1.82) is 5.26 Å². The first-order valence-corrected chi connectivity index (χ1v) is 6.71. The molecule has 0 radical (unpaired) electrons. The second kappa shape index (κ2) is 6.22. The number of carbonyl (C=O) groups is 1. The fourth-order valence-corrected chi connectivity index (χ4v) is 2.17. The summed E-state index contributed by atoms with van der Waals surface area (Å²) in [5, 5.41) is 11.6. The Morgan fingerprint density at radius 3 is 2.85 bits per heavy atom. The second-order valence-corrected chi connectivity index (χ2v) is 5.09. The van der Waals surface area contributed by atoms with Gasteiger partial charge >= 0.3 is 0 Å². The van der Waals surface area contributed by atoms with Crippen LogP contribution in [0.1, 0.15) is 21.5 Å². The topological polar surface area (TPSA) is 78.9 Å². The van der Waals surface area contributed by atoms with E-state index in [1.165, 1.54) is 0 Å². The number of nitrogens with zero attached hydrogens (tertiary/aromatic N) is 1. The quantitative estimate of drug-likeness (QED) is 0.850. The molecule has 0 saturated heterocycles. The summed E-state index contributed by atoms with van der Waals surface area (Å²) >= 11 is 3.32. The highest BCUT2D eigenvalue weighted by atomic mass is 79.9. The molecule has 2 aromatic carbocycles. The monoisotopic (exact) mass is 329 g/mol. The van der Waals surface area contributed by atoms with Gasteiger partial charge in [0.2, 0.25) is 0 Å². The molecule has 0 saturated carbocycles. The van der Waals surface area contributed by atoms with Gasteiger partial charge in [-0.15, -0.1) is 0 Å². The number of amides is 1. The van der Waals surface area contributed by atoms with Crippen LogP contribution in [0, 0.1) is 11.3 Å². The minimum absolute atomic E-state index is 0.216. The third-order valence-corrected chi connectivity index (χ3v) is 3.44. The SMILES string of the molecule is N#Cc1cccc(CNC(=O)c2cc(N)ccc2Br)c1. The lowest BCUT2D eigenvalue weighted by Crippen LogP contribution is -2.23. The molecule has 0 fully saturated rings. The molecular weight excluding hydrogens is 318 g/mol. The van der Waals surface area contributed by atoms with Crippen molar-refractivity contribution in [1.82, 2.24) is 5.32 Å². The largest absolute Gasteiger partial charge is 0.399 e. The van der Waals surface area contributed by atoms with Gasteiger partial charge in [-0.2, -0.15) is 5.26 Å². The minimum Gasteiger partial charge on any atom is -0.399 e. The van der Waals surface area contributed by atoms with Gasteiger partial charge < -0.3 is 11.1 Å². The van der Waals surface area contributed by atoms with Gasteiger partial charge in [0.1, 0.15) is 0 Å². The summed E-state index contributed by atoms with van der Waals surface area (Å²) < 4.78 is 0.690. The minimum atomic E-state index is -0.216. The summed E-state index contributed by atoms with van der Waals surface area (Å²) in [6.07, 6.45) is 0. The number of anilines is 1. The van der Waals surface area contributed by atoms with Crippen molar-refractivity contribution < 1.29 is 4.79 Å². The van der Waals surface area contributed by atoms with E-state index in [1.54, 1.807) is 36.4 Å². The zero-order valence-corrected chi connectivity index (χ0v) is 12.1. The lowest BCUT2D eigenvalue weighted by Gasteiger charge is -2.08. The van der Waals surface area contributed by atoms with E-state index in [4.69, 9.17) is 11.0 Å². The van der Waals surface area contributed by atoms with Crippen LogP contribution in [-0.4, -0.2) is 5.91 Å². The summed E-state index contributed by atoms with van der Waals surface area (Å²) in [6.45, 7) is 0.357. The number of nitrogens with two attached hydrogens (primary N) is 1. The van der Waals surface area contributed by atoms with Gasteiger partial charge in [0.05, 0.1) is 17.2 Å². The first-order valence-electron chi connectivity index (χ1n) is 5.92. The third-order valence-electron chi connectivity index (χ3n) is 2.74. The molecule has 2 aromatic rings. The molecule has 20 heavy (non-hydrogen) atoms. The maximum Gasteiger partial charge on any atom is 0.252 e. The number of hydrogen-bond acceptors (Lipinski definition) is 3. The van der Waals surface area contributed by atoms with E-state index in [9.17, 15) is 4.79 Å². The molecule has 5 heteroatoms. The Labute approximate surface area is 125 Å². The van der Waals surface area contributed by atoms with Gasteiger partial charge in [-0.25, -0.2) is 0 Å². The molecule has 100 valence electrons. The zero-order valence-electron chi connectivity index (χ0n) is 10.6. The molecule has 0 aliphatic rings. The summed E-state index contributed by atoms with van der Waals surface area (Å²) in [6, 6.07) is 14.3. The molecule has 1 amide bonds. The molecule has 0 aromatic heterocycles. The van der Waals surface area contributed by atoms with Crippen molar-refractivity contribution in [2.45, 2.75) is 6.54 Å². The Hall–Kier alpha value is -2.32. The Bertz CT molecular complexity index is 692. The average molecular weight is 330 g/mol. The molecule has 0 aliphatic heterocycles. The Morgan fingerprint density at radius 1 is 1.30 bits per heavy atom. The lowest BCUT2D eigenvalue weighted by molar-refractivity contribution is 0.0950. The summed E-state index contributed by atoms with van der Waals surface area (Å²) in [4.78, 5) is 12.1. The number of carbonyl (C=O) groups excluding carboxylic acids is 1. The summed E-state index contributed by atoms with van der Waals surface area (Å²) in [5.74, 6) is -0.216. The van der Waals surface area contributed by atoms with Gasteiger partial charge in [-0.1, -0.05) is 12.1 Å². The van der Waals surface area contributed by atoms with Crippen molar-refractivity contribution in [3.8, 4) is 6.07 Å². The van der Waals surface area contributed by atoms with Gasteiger partial charge in [0.25, 0.3) is 5.91 Å². The standard InChI is InChI=1S/C15H12BrN3O/c16-14-5-4-12(18)7-13(14)15(20)19-9-11-3-1-2-10(6-11)8-17/h1-7H,9,18H2,(H,19,20). The van der Waals surface area contributed by atoms with E-state index in [-0.39, 0.29) is 5.91 Å². The fourth-order valence-electron chi connectivity index (χ4n) is 1.75. The van der Waals surface area contributed by atoms with Gasteiger partial charge in [-0.3, -0.25) is 4.79 Å². The zero-order chi connectivity index (χ0) is 14.5. The summed E-state index contributed by atoms with van der Waals surface area (Å²) in [7, 11) is 0. The van der Waals surface area contributed by atoms with E-state index in [0.29, 0.717) is 27.8 Å². The number of halogens is 1. The van der Waals surface area contributed by atoms with E-state index >= 15 is 0 Å². The van der Waals surface area contributed by atoms with Crippen molar-refractivity contribution in [3.05, 3.63) is 63.6 Å². The van der Waals surface area contributed by atoms with Crippen LogP contribution in [0.2, 0.25) is 0 Å². The molecular formula is C15H12BrN3O. The molecule has 0 heterocycles. The molecule has 0 spiro atoms. The highest BCUT2D eigenvalue weighted by molar-refractivity contribution is 9.10. The number of hydrogen-bond donors (Lipinski definition) is 2. The predicted octanol–water partition coefficient (Wildman–Crippen LogP) is 2.83. The van der Waals surface area contributed by atoms with Crippen LogP contribution >= 0.6 is 15.9 Å².